The first-order valence-electron chi connectivity index (χ1n) is 7.45. The molecule has 0 unspecified atom stereocenters. The molecule has 0 amide bonds. The van der Waals surface area contributed by atoms with Crippen molar-refractivity contribution >= 4 is 11.8 Å². The smallest absolute Gasteiger partial charge is 0.306 e. The van der Waals surface area contributed by atoms with Crippen LogP contribution < -0.4 is 0 Å². The lowest BCUT2D eigenvalue weighted by atomic mass is 9.45. The van der Waals surface area contributed by atoms with Gasteiger partial charge in [-0.2, -0.15) is 0 Å². The number of hydrogen-bond acceptors (Lipinski definition) is 3. The predicted octanol–water partition coefficient (Wildman–Crippen LogP) is 3.11. The molecule has 3 rings (SSSR count). The highest BCUT2D eigenvalue weighted by Crippen LogP contribution is 2.63. The van der Waals surface area contributed by atoms with Gasteiger partial charge < -0.3 is 4.74 Å². The van der Waals surface area contributed by atoms with E-state index < -0.39 is 5.60 Å². The molecular weight excluding hydrogens is 240 g/mol. The molecule has 3 fully saturated rings. The molecule has 0 N–H and O–H groups in total. The number of ether oxygens (including phenoxy) is 1. The molecule has 4 atom stereocenters. The third-order valence-corrected chi connectivity index (χ3v) is 6.37. The Kier molecular flexibility index (Phi) is 2.50. The molecule has 0 aromatic heterocycles. The summed E-state index contributed by atoms with van der Waals surface area (Å²) in [5.74, 6) is 0.684. The van der Waals surface area contributed by atoms with Gasteiger partial charge >= 0.3 is 5.97 Å². The highest BCUT2D eigenvalue weighted by atomic mass is 16.6. The summed E-state index contributed by atoms with van der Waals surface area (Å²) >= 11 is 0. The number of hydrogen-bond donors (Lipinski definition) is 0. The highest BCUT2D eigenvalue weighted by Gasteiger charge is 2.65. The van der Waals surface area contributed by atoms with Gasteiger partial charge in [0.25, 0.3) is 0 Å². The Morgan fingerprint density at radius 1 is 1.05 bits per heavy atom. The van der Waals surface area contributed by atoms with Crippen LogP contribution in [0.15, 0.2) is 0 Å². The second-order valence-electron chi connectivity index (χ2n) is 7.83. The van der Waals surface area contributed by atoms with Gasteiger partial charge in [0.15, 0.2) is 0 Å². The molecule has 2 saturated carbocycles. The van der Waals surface area contributed by atoms with Crippen LogP contribution in [0.2, 0.25) is 0 Å². The van der Waals surface area contributed by atoms with Crippen molar-refractivity contribution in [1.29, 1.82) is 0 Å². The lowest BCUT2D eigenvalue weighted by molar-refractivity contribution is -0.174. The Morgan fingerprint density at radius 3 is 2.42 bits per heavy atom. The summed E-state index contributed by atoms with van der Waals surface area (Å²) in [5.41, 5.74) is -0.595. The molecule has 0 spiro atoms. The van der Waals surface area contributed by atoms with E-state index in [1.165, 1.54) is 0 Å². The topological polar surface area (TPSA) is 43.4 Å². The minimum absolute atomic E-state index is 0.0679. The molecule has 1 aliphatic heterocycles. The number of rotatable bonds is 0. The number of fused-ring (bicyclic) bond motifs is 3. The summed E-state index contributed by atoms with van der Waals surface area (Å²) in [5, 5.41) is 0. The first-order chi connectivity index (χ1) is 8.70. The SMILES string of the molecule is CC1(C)CCC(=O)[C@]2(C)[C@H]3CC(=O)O[C@]3(C)CC[C@@H]12. The van der Waals surface area contributed by atoms with Crippen molar-refractivity contribution in [2.45, 2.75) is 65.4 Å². The van der Waals surface area contributed by atoms with Crippen molar-refractivity contribution in [3.8, 4) is 0 Å². The van der Waals surface area contributed by atoms with E-state index >= 15 is 0 Å². The van der Waals surface area contributed by atoms with Gasteiger partial charge in [-0.15, -0.1) is 0 Å². The summed E-state index contributed by atoms with van der Waals surface area (Å²) < 4.78 is 5.59. The molecule has 1 heterocycles. The maximum Gasteiger partial charge on any atom is 0.306 e. The maximum absolute atomic E-state index is 12.7. The Labute approximate surface area is 115 Å². The average Bonchev–Trinajstić information content (AvgIpc) is 2.60. The van der Waals surface area contributed by atoms with Gasteiger partial charge in [0.05, 0.1) is 6.42 Å². The van der Waals surface area contributed by atoms with Crippen molar-refractivity contribution in [2.75, 3.05) is 0 Å². The van der Waals surface area contributed by atoms with Crippen LogP contribution in [0, 0.1) is 22.7 Å². The minimum Gasteiger partial charge on any atom is -0.459 e. The van der Waals surface area contributed by atoms with Crippen molar-refractivity contribution < 1.29 is 14.3 Å². The second-order valence-corrected chi connectivity index (χ2v) is 7.83. The Morgan fingerprint density at radius 2 is 1.74 bits per heavy atom. The summed E-state index contributed by atoms with van der Waals surface area (Å²) in [4.78, 5) is 24.4. The van der Waals surface area contributed by atoms with Crippen molar-refractivity contribution in [3.63, 3.8) is 0 Å². The molecular formula is C16H24O3. The Balaban J connectivity index is 2.08. The minimum atomic E-state index is -0.411. The normalized spacial score (nSPS) is 48.4. The second kappa shape index (κ2) is 3.62. The molecule has 3 nitrogen and oxygen atoms in total. The first-order valence-corrected chi connectivity index (χ1v) is 7.45. The van der Waals surface area contributed by atoms with E-state index in [0.29, 0.717) is 24.5 Å². The molecule has 0 bridgehead atoms. The molecule has 0 aromatic rings. The molecule has 0 aromatic carbocycles. The summed E-state index contributed by atoms with van der Waals surface area (Å²) in [6.45, 7) is 8.69. The predicted molar refractivity (Wildman–Crippen MR) is 71.5 cm³/mol. The fourth-order valence-electron chi connectivity index (χ4n) is 5.27. The van der Waals surface area contributed by atoms with Gasteiger partial charge in [0.1, 0.15) is 11.4 Å². The third kappa shape index (κ3) is 1.56. The van der Waals surface area contributed by atoms with Crippen LogP contribution in [-0.2, 0) is 14.3 Å². The van der Waals surface area contributed by atoms with E-state index in [0.717, 1.165) is 19.3 Å². The molecule has 1 saturated heterocycles. The largest absolute Gasteiger partial charge is 0.459 e. The first kappa shape index (κ1) is 13.1. The van der Waals surface area contributed by atoms with E-state index in [-0.39, 0.29) is 22.7 Å². The highest BCUT2D eigenvalue weighted by molar-refractivity contribution is 5.88. The number of ketones is 1. The fourth-order valence-corrected chi connectivity index (χ4v) is 5.27. The summed E-state index contributed by atoms with van der Waals surface area (Å²) in [6, 6.07) is 0. The average molecular weight is 264 g/mol. The molecule has 0 radical (unpaired) electrons. The van der Waals surface area contributed by atoms with Gasteiger partial charge in [0.2, 0.25) is 0 Å². The van der Waals surface area contributed by atoms with Gasteiger partial charge in [-0.3, -0.25) is 9.59 Å². The molecule has 19 heavy (non-hydrogen) atoms. The maximum atomic E-state index is 12.7. The zero-order chi connectivity index (χ0) is 14.1. The summed E-state index contributed by atoms with van der Waals surface area (Å²) in [7, 11) is 0. The summed E-state index contributed by atoms with van der Waals surface area (Å²) in [6.07, 6.45) is 3.95. The van der Waals surface area contributed by atoms with E-state index in [1.54, 1.807) is 0 Å². The Bertz CT molecular complexity index is 453. The van der Waals surface area contributed by atoms with Crippen LogP contribution in [0.3, 0.4) is 0 Å². The lowest BCUT2D eigenvalue weighted by Crippen LogP contribution is -2.59. The van der Waals surface area contributed by atoms with Crippen molar-refractivity contribution in [2.24, 2.45) is 22.7 Å². The zero-order valence-electron chi connectivity index (χ0n) is 12.4. The van der Waals surface area contributed by atoms with E-state index in [1.807, 2.05) is 6.92 Å². The fraction of sp³-hybridized carbons (Fsp3) is 0.875. The van der Waals surface area contributed by atoms with E-state index in [9.17, 15) is 9.59 Å². The van der Waals surface area contributed by atoms with E-state index in [2.05, 4.69) is 20.8 Å². The standard InChI is InChI=1S/C16H24O3/c1-14(2)7-6-12(17)16(4)10(14)5-8-15(3)11(16)9-13(18)19-15/h10-11H,5-9H2,1-4H3/t10-,11-,15+,16-/m0/s1. The number of Topliss-reactive ketones (excluding diaryl/α,β-unsaturated/α-hetero) is 1. The molecule has 106 valence electrons. The van der Waals surface area contributed by atoms with Gasteiger partial charge in [0, 0.05) is 17.8 Å². The van der Waals surface area contributed by atoms with Gasteiger partial charge in [-0.25, -0.2) is 0 Å². The van der Waals surface area contributed by atoms with Gasteiger partial charge in [-0.1, -0.05) is 20.8 Å². The quantitative estimate of drug-likeness (QED) is 0.631. The van der Waals surface area contributed by atoms with Crippen LogP contribution in [-0.4, -0.2) is 17.4 Å². The third-order valence-electron chi connectivity index (χ3n) is 6.37. The van der Waals surface area contributed by atoms with Crippen LogP contribution in [0.1, 0.15) is 59.8 Å². The Hall–Kier alpha value is -0.860. The van der Waals surface area contributed by atoms with Gasteiger partial charge in [-0.05, 0) is 37.5 Å². The van der Waals surface area contributed by atoms with Crippen LogP contribution in [0.25, 0.3) is 0 Å². The molecule has 3 aliphatic rings. The van der Waals surface area contributed by atoms with Crippen LogP contribution >= 0.6 is 0 Å². The van der Waals surface area contributed by atoms with Crippen LogP contribution in [0.5, 0.6) is 0 Å². The van der Waals surface area contributed by atoms with Crippen molar-refractivity contribution in [3.05, 3.63) is 0 Å². The molecule has 2 aliphatic carbocycles. The van der Waals surface area contributed by atoms with Crippen molar-refractivity contribution in [1.82, 2.24) is 0 Å². The zero-order valence-corrected chi connectivity index (χ0v) is 12.4. The monoisotopic (exact) mass is 264 g/mol. The van der Waals surface area contributed by atoms with Crippen LogP contribution in [0.4, 0.5) is 0 Å². The van der Waals surface area contributed by atoms with E-state index in [4.69, 9.17) is 4.74 Å². The number of esters is 1. The lowest BCUT2D eigenvalue weighted by Gasteiger charge is -2.58. The molecule has 3 heteroatoms. The number of carbonyl (C=O) groups excluding carboxylic acids is 2. The number of carbonyl (C=O) groups is 2.